The highest BCUT2D eigenvalue weighted by molar-refractivity contribution is 5.98. The van der Waals surface area contributed by atoms with Crippen molar-refractivity contribution in [1.29, 1.82) is 0 Å². The van der Waals surface area contributed by atoms with E-state index in [1.54, 1.807) is 6.07 Å². The standard InChI is InChI=1S/C17H22N4O3/c22-17(19-13-2-3-13)14-9-12(1-4-16(14)21(23)24)15-10-18-20-7-5-11(15)6-8-20/h1,4,9,11,13,15,18H,2-3,5-8,10H2,(H,19,22). The van der Waals surface area contributed by atoms with Crippen LogP contribution in [0.1, 0.15) is 47.5 Å². The van der Waals surface area contributed by atoms with E-state index in [1.807, 2.05) is 6.07 Å². The van der Waals surface area contributed by atoms with Gasteiger partial charge in [-0.15, -0.1) is 0 Å². The summed E-state index contributed by atoms with van der Waals surface area (Å²) in [5, 5.41) is 16.4. The van der Waals surface area contributed by atoms with Gasteiger partial charge in [0.15, 0.2) is 0 Å². The lowest BCUT2D eigenvalue weighted by Gasteiger charge is -2.28. The number of nitro groups is 1. The summed E-state index contributed by atoms with van der Waals surface area (Å²) in [6, 6.07) is 5.25. The zero-order valence-corrected chi connectivity index (χ0v) is 13.5. The predicted octanol–water partition coefficient (Wildman–Crippen LogP) is 1.80. The molecule has 7 heteroatoms. The average molecular weight is 330 g/mol. The van der Waals surface area contributed by atoms with Crippen LogP contribution in [-0.4, -0.2) is 41.5 Å². The van der Waals surface area contributed by atoms with E-state index in [9.17, 15) is 14.9 Å². The average Bonchev–Trinajstić information content (AvgIpc) is 3.42. The molecule has 4 fully saturated rings. The molecular formula is C17H22N4O3. The minimum Gasteiger partial charge on any atom is -0.349 e. The first-order valence-electron chi connectivity index (χ1n) is 8.69. The van der Waals surface area contributed by atoms with Crippen LogP contribution in [0.15, 0.2) is 18.2 Å². The molecule has 1 saturated carbocycles. The summed E-state index contributed by atoms with van der Waals surface area (Å²) in [5.74, 6) is 0.545. The van der Waals surface area contributed by atoms with Gasteiger partial charge in [0, 0.05) is 37.7 Å². The molecule has 4 aliphatic rings. The van der Waals surface area contributed by atoms with Gasteiger partial charge in [0.2, 0.25) is 0 Å². The quantitative estimate of drug-likeness (QED) is 0.649. The molecule has 0 radical (unpaired) electrons. The molecule has 1 unspecified atom stereocenters. The summed E-state index contributed by atoms with van der Waals surface area (Å²) >= 11 is 0. The van der Waals surface area contributed by atoms with Crippen LogP contribution in [0.25, 0.3) is 0 Å². The first-order valence-corrected chi connectivity index (χ1v) is 8.69. The van der Waals surface area contributed by atoms with Gasteiger partial charge in [-0.25, -0.2) is 5.01 Å². The molecule has 2 bridgehead atoms. The van der Waals surface area contributed by atoms with Crippen LogP contribution < -0.4 is 10.7 Å². The third kappa shape index (κ3) is 3.01. The number of piperidine rings is 1. The normalized spacial score (nSPS) is 29.1. The van der Waals surface area contributed by atoms with Crippen LogP contribution in [0.3, 0.4) is 0 Å². The number of amides is 1. The number of rotatable bonds is 4. The van der Waals surface area contributed by atoms with E-state index in [0.717, 1.165) is 50.9 Å². The van der Waals surface area contributed by atoms with Crippen LogP contribution >= 0.6 is 0 Å². The summed E-state index contributed by atoms with van der Waals surface area (Å²) in [5.41, 5.74) is 4.57. The van der Waals surface area contributed by atoms with Crippen LogP contribution in [0, 0.1) is 16.0 Å². The molecule has 1 atom stereocenters. The zero-order valence-electron chi connectivity index (χ0n) is 13.5. The smallest absolute Gasteiger partial charge is 0.282 e. The summed E-state index contributed by atoms with van der Waals surface area (Å²) in [4.78, 5) is 23.3. The van der Waals surface area contributed by atoms with Crippen molar-refractivity contribution < 1.29 is 9.72 Å². The van der Waals surface area contributed by atoms with E-state index in [-0.39, 0.29) is 23.2 Å². The Hall–Kier alpha value is -1.99. The monoisotopic (exact) mass is 330 g/mol. The third-order valence-corrected chi connectivity index (χ3v) is 5.45. The van der Waals surface area contributed by atoms with Gasteiger partial charge >= 0.3 is 0 Å². The van der Waals surface area contributed by atoms with E-state index in [4.69, 9.17) is 0 Å². The molecule has 1 aromatic rings. The second kappa shape index (κ2) is 6.14. The largest absolute Gasteiger partial charge is 0.349 e. The lowest BCUT2D eigenvalue weighted by Crippen LogP contribution is -2.39. The van der Waals surface area contributed by atoms with Gasteiger partial charge in [0.25, 0.3) is 11.6 Å². The summed E-state index contributed by atoms with van der Waals surface area (Å²) in [6.07, 6.45) is 4.17. The zero-order chi connectivity index (χ0) is 16.7. The number of nitrogens with zero attached hydrogens (tertiary/aromatic N) is 2. The third-order valence-electron chi connectivity index (χ3n) is 5.45. The highest BCUT2D eigenvalue weighted by atomic mass is 16.6. The van der Waals surface area contributed by atoms with Crippen molar-refractivity contribution in [2.45, 2.75) is 37.6 Å². The minimum atomic E-state index is -0.464. The van der Waals surface area contributed by atoms with Crippen molar-refractivity contribution in [3.63, 3.8) is 0 Å². The fourth-order valence-corrected chi connectivity index (χ4v) is 3.86. The molecule has 3 saturated heterocycles. The van der Waals surface area contributed by atoms with E-state index < -0.39 is 4.92 Å². The predicted molar refractivity (Wildman–Crippen MR) is 88.6 cm³/mol. The van der Waals surface area contributed by atoms with Gasteiger partial charge in [-0.1, -0.05) is 6.07 Å². The number of hydrogen-bond acceptors (Lipinski definition) is 5. The van der Waals surface area contributed by atoms with Gasteiger partial charge in [-0.05, 0) is 43.2 Å². The van der Waals surface area contributed by atoms with Crippen LogP contribution in [0.4, 0.5) is 5.69 Å². The Kier molecular flexibility index (Phi) is 3.97. The Morgan fingerprint density at radius 3 is 2.67 bits per heavy atom. The SMILES string of the molecule is O=C(NC1CC1)c1cc(C2CNN3CCC2CC3)ccc1[N+](=O)[O-]. The minimum absolute atomic E-state index is 0.105. The Labute approximate surface area is 140 Å². The number of carbonyl (C=O) groups is 1. The maximum Gasteiger partial charge on any atom is 0.282 e. The molecule has 1 aliphatic carbocycles. The topological polar surface area (TPSA) is 87.5 Å². The molecule has 128 valence electrons. The van der Waals surface area contributed by atoms with Crippen molar-refractivity contribution in [3.8, 4) is 0 Å². The van der Waals surface area contributed by atoms with Gasteiger partial charge in [0.05, 0.1) is 4.92 Å². The van der Waals surface area contributed by atoms with Gasteiger partial charge in [-0.3, -0.25) is 20.3 Å². The number of nitrogens with one attached hydrogen (secondary N) is 2. The highest BCUT2D eigenvalue weighted by Gasteiger charge is 2.33. The molecule has 3 heterocycles. The van der Waals surface area contributed by atoms with Gasteiger partial charge < -0.3 is 5.32 Å². The summed E-state index contributed by atoms with van der Waals surface area (Å²) < 4.78 is 0. The lowest BCUT2D eigenvalue weighted by atomic mass is 9.80. The van der Waals surface area contributed by atoms with Crippen LogP contribution in [0.5, 0.6) is 0 Å². The molecular weight excluding hydrogens is 308 g/mol. The molecule has 1 aromatic carbocycles. The number of fused-ring (bicyclic) bond motifs is 4. The van der Waals surface area contributed by atoms with E-state index in [2.05, 4.69) is 15.8 Å². The van der Waals surface area contributed by atoms with Crippen LogP contribution in [-0.2, 0) is 0 Å². The van der Waals surface area contributed by atoms with E-state index >= 15 is 0 Å². The molecule has 1 amide bonds. The first-order chi connectivity index (χ1) is 11.6. The molecule has 7 nitrogen and oxygen atoms in total. The van der Waals surface area contributed by atoms with Crippen molar-refractivity contribution >= 4 is 11.6 Å². The Balaban J connectivity index is 1.65. The highest BCUT2D eigenvalue weighted by Crippen LogP contribution is 2.36. The van der Waals surface area contributed by atoms with Gasteiger partial charge in [0.1, 0.15) is 5.56 Å². The second-order valence-electron chi connectivity index (χ2n) is 7.07. The lowest BCUT2D eigenvalue weighted by molar-refractivity contribution is -0.385. The second-order valence-corrected chi connectivity index (χ2v) is 7.07. The molecule has 2 N–H and O–H groups in total. The molecule has 0 spiro atoms. The summed E-state index contributed by atoms with van der Waals surface area (Å²) in [6.45, 7) is 2.92. The fraction of sp³-hybridized carbons (Fsp3) is 0.588. The molecule has 0 aromatic heterocycles. The fourth-order valence-electron chi connectivity index (χ4n) is 3.86. The number of hydrogen-bond donors (Lipinski definition) is 2. The summed E-state index contributed by atoms with van der Waals surface area (Å²) in [7, 11) is 0. The van der Waals surface area contributed by atoms with E-state index in [1.165, 1.54) is 6.07 Å². The first kappa shape index (κ1) is 15.5. The number of nitro benzene ring substituents is 1. The number of hydrazine groups is 1. The Bertz CT molecular complexity index is 666. The van der Waals surface area contributed by atoms with Crippen molar-refractivity contribution in [3.05, 3.63) is 39.4 Å². The molecule has 3 aliphatic heterocycles. The maximum atomic E-state index is 12.4. The molecule has 5 rings (SSSR count). The van der Waals surface area contributed by atoms with Crippen LogP contribution in [0.2, 0.25) is 0 Å². The van der Waals surface area contributed by atoms with Gasteiger partial charge in [-0.2, -0.15) is 0 Å². The van der Waals surface area contributed by atoms with Crippen molar-refractivity contribution in [2.75, 3.05) is 19.6 Å². The van der Waals surface area contributed by atoms with E-state index in [0.29, 0.717) is 11.8 Å². The molecule has 24 heavy (non-hydrogen) atoms. The number of benzene rings is 1. The number of carbonyl (C=O) groups excluding carboxylic acids is 1. The van der Waals surface area contributed by atoms with Crippen molar-refractivity contribution in [2.24, 2.45) is 5.92 Å². The van der Waals surface area contributed by atoms with Crippen molar-refractivity contribution in [1.82, 2.24) is 15.8 Å². The Morgan fingerprint density at radius 1 is 1.25 bits per heavy atom. The Morgan fingerprint density at radius 2 is 2.00 bits per heavy atom. The maximum absolute atomic E-state index is 12.4.